The summed E-state index contributed by atoms with van der Waals surface area (Å²) in [6, 6.07) is 3.01. The van der Waals surface area contributed by atoms with Crippen molar-refractivity contribution in [3.8, 4) is 0 Å². The number of piperidine rings is 1. The van der Waals surface area contributed by atoms with Crippen molar-refractivity contribution in [3.05, 3.63) is 29.3 Å². The standard InChI is InChI=1S/C14H18F3N3O/c15-14(16,17)10-3-4-12(11(6-10)13(18)21)20-8-9-2-1-5-19-7-9/h3-4,6,9,19-20H,1-2,5,7-8H2,(H2,18,21). The van der Waals surface area contributed by atoms with Gasteiger partial charge in [-0.3, -0.25) is 4.79 Å². The third kappa shape index (κ3) is 4.10. The number of nitrogens with one attached hydrogen (secondary N) is 2. The van der Waals surface area contributed by atoms with E-state index in [1.807, 2.05) is 0 Å². The van der Waals surface area contributed by atoms with Gasteiger partial charge in [0.1, 0.15) is 0 Å². The van der Waals surface area contributed by atoms with E-state index in [0.717, 1.165) is 38.1 Å². The number of anilines is 1. The number of hydrogen-bond donors (Lipinski definition) is 3. The van der Waals surface area contributed by atoms with Gasteiger partial charge in [-0.1, -0.05) is 0 Å². The van der Waals surface area contributed by atoms with Gasteiger partial charge in [0, 0.05) is 12.2 Å². The average Bonchev–Trinajstić information content (AvgIpc) is 2.45. The molecule has 1 heterocycles. The minimum atomic E-state index is -4.49. The number of carbonyl (C=O) groups excluding carboxylic acids is 1. The van der Waals surface area contributed by atoms with Gasteiger partial charge in [-0.2, -0.15) is 13.2 Å². The van der Waals surface area contributed by atoms with Gasteiger partial charge in [0.25, 0.3) is 5.91 Å². The quantitative estimate of drug-likeness (QED) is 0.799. The van der Waals surface area contributed by atoms with Gasteiger partial charge < -0.3 is 16.4 Å². The molecule has 21 heavy (non-hydrogen) atoms. The first kappa shape index (κ1) is 15.6. The van der Waals surface area contributed by atoms with E-state index in [1.54, 1.807) is 0 Å². The lowest BCUT2D eigenvalue weighted by atomic mass is 9.99. The second-order valence-electron chi connectivity index (χ2n) is 5.22. The van der Waals surface area contributed by atoms with Crippen LogP contribution in [0.2, 0.25) is 0 Å². The molecular formula is C14H18F3N3O. The Balaban J connectivity index is 2.12. The summed E-state index contributed by atoms with van der Waals surface area (Å²) >= 11 is 0. The van der Waals surface area contributed by atoms with Crippen LogP contribution in [0, 0.1) is 5.92 Å². The molecule has 1 unspecified atom stereocenters. The van der Waals surface area contributed by atoms with Crippen molar-refractivity contribution in [1.29, 1.82) is 0 Å². The second kappa shape index (κ2) is 6.34. The van der Waals surface area contributed by atoms with E-state index in [2.05, 4.69) is 10.6 Å². The van der Waals surface area contributed by atoms with E-state index in [4.69, 9.17) is 5.73 Å². The van der Waals surface area contributed by atoms with Gasteiger partial charge >= 0.3 is 6.18 Å². The highest BCUT2D eigenvalue weighted by Gasteiger charge is 2.31. The molecule has 116 valence electrons. The number of hydrogen-bond acceptors (Lipinski definition) is 3. The topological polar surface area (TPSA) is 67.2 Å². The van der Waals surface area contributed by atoms with Gasteiger partial charge in [0.05, 0.1) is 11.1 Å². The highest BCUT2D eigenvalue weighted by atomic mass is 19.4. The molecule has 0 aromatic heterocycles. The van der Waals surface area contributed by atoms with Crippen molar-refractivity contribution in [1.82, 2.24) is 5.32 Å². The van der Waals surface area contributed by atoms with Crippen LogP contribution in [0.5, 0.6) is 0 Å². The molecule has 0 aliphatic carbocycles. The Morgan fingerprint density at radius 3 is 2.76 bits per heavy atom. The van der Waals surface area contributed by atoms with Crippen LogP contribution in [-0.2, 0) is 6.18 Å². The van der Waals surface area contributed by atoms with Gasteiger partial charge in [-0.05, 0) is 50.0 Å². The van der Waals surface area contributed by atoms with E-state index < -0.39 is 17.6 Å². The summed E-state index contributed by atoms with van der Waals surface area (Å²) in [6.45, 7) is 2.45. The summed E-state index contributed by atoms with van der Waals surface area (Å²) in [5.41, 5.74) is 4.52. The fourth-order valence-corrected chi connectivity index (χ4v) is 2.43. The van der Waals surface area contributed by atoms with Crippen LogP contribution in [0.3, 0.4) is 0 Å². The van der Waals surface area contributed by atoms with E-state index >= 15 is 0 Å². The number of amides is 1. The van der Waals surface area contributed by atoms with Crippen molar-refractivity contribution < 1.29 is 18.0 Å². The maximum Gasteiger partial charge on any atom is 0.416 e. The Morgan fingerprint density at radius 1 is 1.43 bits per heavy atom. The van der Waals surface area contributed by atoms with Crippen molar-refractivity contribution in [3.63, 3.8) is 0 Å². The zero-order valence-electron chi connectivity index (χ0n) is 11.5. The number of halogens is 3. The molecule has 0 radical (unpaired) electrons. The predicted molar refractivity (Wildman–Crippen MR) is 74.0 cm³/mol. The van der Waals surface area contributed by atoms with Crippen LogP contribution >= 0.6 is 0 Å². The number of nitrogens with two attached hydrogens (primary N) is 1. The number of carbonyl (C=O) groups is 1. The summed E-state index contributed by atoms with van der Waals surface area (Å²) in [4.78, 5) is 11.4. The van der Waals surface area contributed by atoms with Gasteiger partial charge in [-0.15, -0.1) is 0 Å². The molecule has 2 rings (SSSR count). The lowest BCUT2D eigenvalue weighted by Crippen LogP contribution is -2.33. The third-order valence-corrected chi connectivity index (χ3v) is 3.59. The summed E-state index contributed by atoms with van der Waals surface area (Å²) in [5.74, 6) is -0.480. The fourth-order valence-electron chi connectivity index (χ4n) is 2.43. The zero-order chi connectivity index (χ0) is 15.5. The molecule has 4 N–H and O–H groups in total. The average molecular weight is 301 g/mol. The molecule has 1 aromatic carbocycles. The SMILES string of the molecule is NC(=O)c1cc(C(F)(F)F)ccc1NCC1CCCNC1. The normalized spacial score (nSPS) is 19.3. The van der Waals surface area contributed by atoms with Crippen LogP contribution in [0.4, 0.5) is 18.9 Å². The lowest BCUT2D eigenvalue weighted by molar-refractivity contribution is -0.137. The third-order valence-electron chi connectivity index (χ3n) is 3.59. The van der Waals surface area contributed by atoms with E-state index in [1.165, 1.54) is 6.07 Å². The Labute approximate surface area is 120 Å². The lowest BCUT2D eigenvalue weighted by Gasteiger charge is -2.24. The predicted octanol–water partition coefficient (Wildman–Crippen LogP) is 2.22. The van der Waals surface area contributed by atoms with Gasteiger partial charge in [0.2, 0.25) is 0 Å². The first-order chi connectivity index (χ1) is 9.88. The van der Waals surface area contributed by atoms with Crippen molar-refractivity contribution in [2.24, 2.45) is 11.7 Å². The molecular weight excluding hydrogens is 283 g/mol. The minimum absolute atomic E-state index is 0.131. The highest BCUT2D eigenvalue weighted by Crippen LogP contribution is 2.31. The second-order valence-corrected chi connectivity index (χ2v) is 5.22. The molecule has 4 nitrogen and oxygen atoms in total. The van der Waals surface area contributed by atoms with E-state index in [9.17, 15) is 18.0 Å². The highest BCUT2D eigenvalue weighted by molar-refractivity contribution is 5.98. The first-order valence-corrected chi connectivity index (χ1v) is 6.83. The minimum Gasteiger partial charge on any atom is -0.384 e. The van der Waals surface area contributed by atoms with E-state index in [0.29, 0.717) is 18.2 Å². The van der Waals surface area contributed by atoms with Crippen molar-refractivity contribution in [2.45, 2.75) is 19.0 Å². The Hall–Kier alpha value is -1.76. The fraction of sp³-hybridized carbons (Fsp3) is 0.500. The molecule has 1 fully saturated rings. The van der Waals surface area contributed by atoms with E-state index in [-0.39, 0.29) is 5.56 Å². The van der Waals surface area contributed by atoms with Crippen molar-refractivity contribution >= 4 is 11.6 Å². The molecule has 0 bridgehead atoms. The van der Waals surface area contributed by atoms with Crippen LogP contribution in [0.25, 0.3) is 0 Å². The number of primary amides is 1. The maximum absolute atomic E-state index is 12.7. The van der Waals surface area contributed by atoms with Crippen LogP contribution < -0.4 is 16.4 Å². The molecule has 0 spiro atoms. The Morgan fingerprint density at radius 2 is 2.19 bits per heavy atom. The maximum atomic E-state index is 12.7. The van der Waals surface area contributed by atoms with Crippen LogP contribution in [0.15, 0.2) is 18.2 Å². The van der Waals surface area contributed by atoms with Crippen LogP contribution in [-0.4, -0.2) is 25.5 Å². The number of rotatable bonds is 4. The smallest absolute Gasteiger partial charge is 0.384 e. The molecule has 1 saturated heterocycles. The summed E-state index contributed by atoms with van der Waals surface area (Å²) < 4.78 is 38.0. The molecule has 1 amide bonds. The molecule has 7 heteroatoms. The Kier molecular flexibility index (Phi) is 4.72. The summed E-state index contributed by atoms with van der Waals surface area (Å²) in [7, 11) is 0. The molecule has 1 aliphatic heterocycles. The molecule has 1 atom stereocenters. The number of alkyl halides is 3. The Bertz CT molecular complexity index is 511. The zero-order valence-corrected chi connectivity index (χ0v) is 11.5. The number of benzene rings is 1. The summed E-state index contributed by atoms with van der Waals surface area (Å²) in [6.07, 6.45) is -2.37. The van der Waals surface area contributed by atoms with Crippen LogP contribution in [0.1, 0.15) is 28.8 Å². The first-order valence-electron chi connectivity index (χ1n) is 6.83. The molecule has 1 aromatic rings. The molecule has 0 saturated carbocycles. The largest absolute Gasteiger partial charge is 0.416 e. The van der Waals surface area contributed by atoms with Crippen molar-refractivity contribution in [2.75, 3.05) is 25.0 Å². The van der Waals surface area contributed by atoms with Gasteiger partial charge in [-0.25, -0.2) is 0 Å². The van der Waals surface area contributed by atoms with Gasteiger partial charge in [0.15, 0.2) is 0 Å². The monoisotopic (exact) mass is 301 g/mol. The summed E-state index contributed by atoms with van der Waals surface area (Å²) in [5, 5.41) is 6.29. The molecule has 1 aliphatic rings.